The van der Waals surface area contributed by atoms with Crippen molar-refractivity contribution in [1.82, 2.24) is 4.90 Å². The van der Waals surface area contributed by atoms with Gasteiger partial charge in [-0.3, -0.25) is 0 Å². The Kier molecular flexibility index (Phi) is 6.24. The molecule has 0 heterocycles. The van der Waals surface area contributed by atoms with Crippen LogP contribution in [-0.4, -0.2) is 36.5 Å². The van der Waals surface area contributed by atoms with Crippen LogP contribution in [0.2, 0.25) is 0 Å². The standard InChI is InChI=1S/C8H19NS/c1-5-8(10-4)7-9(3)6-2/h8H,5-7H2,1-4H3. The zero-order valence-corrected chi connectivity index (χ0v) is 8.37. The van der Waals surface area contributed by atoms with Crippen molar-refractivity contribution < 1.29 is 0 Å². The van der Waals surface area contributed by atoms with Crippen LogP contribution in [0.15, 0.2) is 0 Å². The van der Waals surface area contributed by atoms with Crippen molar-refractivity contribution in [2.45, 2.75) is 25.5 Å². The van der Waals surface area contributed by atoms with Crippen LogP contribution in [0.3, 0.4) is 0 Å². The summed E-state index contributed by atoms with van der Waals surface area (Å²) in [4.78, 5) is 2.37. The molecule has 62 valence electrons. The Hall–Kier alpha value is 0.310. The van der Waals surface area contributed by atoms with Gasteiger partial charge >= 0.3 is 0 Å². The van der Waals surface area contributed by atoms with Gasteiger partial charge in [0.25, 0.3) is 0 Å². The molecular weight excluding hydrogens is 142 g/mol. The zero-order valence-electron chi connectivity index (χ0n) is 7.55. The molecule has 0 bridgehead atoms. The van der Waals surface area contributed by atoms with Gasteiger partial charge in [0, 0.05) is 11.8 Å². The average molecular weight is 161 g/mol. The highest BCUT2D eigenvalue weighted by Gasteiger charge is 2.05. The Morgan fingerprint density at radius 1 is 1.40 bits per heavy atom. The lowest BCUT2D eigenvalue weighted by molar-refractivity contribution is 0.351. The Morgan fingerprint density at radius 3 is 2.30 bits per heavy atom. The Morgan fingerprint density at radius 2 is 2.00 bits per heavy atom. The number of hydrogen-bond acceptors (Lipinski definition) is 2. The van der Waals surface area contributed by atoms with E-state index in [1.807, 2.05) is 11.8 Å². The molecule has 0 radical (unpaired) electrons. The molecule has 0 aliphatic rings. The fourth-order valence-electron chi connectivity index (χ4n) is 0.847. The third-order valence-electron chi connectivity index (χ3n) is 1.84. The van der Waals surface area contributed by atoms with Crippen LogP contribution < -0.4 is 0 Å². The molecule has 0 aromatic heterocycles. The van der Waals surface area contributed by atoms with E-state index in [0.29, 0.717) is 0 Å². The van der Waals surface area contributed by atoms with Crippen molar-refractivity contribution in [3.05, 3.63) is 0 Å². The fourth-order valence-corrected chi connectivity index (χ4v) is 1.58. The topological polar surface area (TPSA) is 3.24 Å². The molecule has 1 atom stereocenters. The molecule has 0 amide bonds. The third kappa shape index (κ3) is 4.18. The number of hydrogen-bond donors (Lipinski definition) is 0. The van der Waals surface area contributed by atoms with Gasteiger partial charge < -0.3 is 4.90 Å². The first-order valence-corrected chi connectivity index (χ1v) is 5.24. The van der Waals surface area contributed by atoms with E-state index in [9.17, 15) is 0 Å². The van der Waals surface area contributed by atoms with E-state index < -0.39 is 0 Å². The number of rotatable bonds is 5. The van der Waals surface area contributed by atoms with Gasteiger partial charge in [0.15, 0.2) is 0 Å². The molecule has 0 aliphatic carbocycles. The summed E-state index contributed by atoms with van der Waals surface area (Å²) in [5.41, 5.74) is 0. The van der Waals surface area contributed by atoms with E-state index in [2.05, 4.69) is 32.1 Å². The van der Waals surface area contributed by atoms with Gasteiger partial charge in [0.2, 0.25) is 0 Å². The Labute approximate surface area is 69.2 Å². The fraction of sp³-hybridized carbons (Fsp3) is 1.00. The summed E-state index contributed by atoms with van der Waals surface area (Å²) in [5.74, 6) is 0. The van der Waals surface area contributed by atoms with E-state index >= 15 is 0 Å². The summed E-state index contributed by atoms with van der Waals surface area (Å²) in [6.45, 7) is 6.85. The third-order valence-corrected chi connectivity index (χ3v) is 2.99. The monoisotopic (exact) mass is 161 g/mol. The summed E-state index contributed by atoms with van der Waals surface area (Å²) in [7, 11) is 2.18. The normalized spacial score (nSPS) is 14.1. The molecule has 10 heavy (non-hydrogen) atoms. The van der Waals surface area contributed by atoms with Gasteiger partial charge in [0.05, 0.1) is 0 Å². The van der Waals surface area contributed by atoms with Crippen LogP contribution in [0.4, 0.5) is 0 Å². The lowest BCUT2D eigenvalue weighted by atomic mass is 10.3. The van der Waals surface area contributed by atoms with E-state index in [-0.39, 0.29) is 0 Å². The maximum absolute atomic E-state index is 2.37. The highest BCUT2D eigenvalue weighted by atomic mass is 32.2. The molecule has 0 aliphatic heterocycles. The Balaban J connectivity index is 3.41. The molecule has 0 rings (SSSR count). The van der Waals surface area contributed by atoms with Crippen molar-refractivity contribution in [2.75, 3.05) is 26.4 Å². The maximum atomic E-state index is 2.37. The SMILES string of the molecule is CCC(CN(C)CC)SC. The minimum absolute atomic E-state index is 0.824. The van der Waals surface area contributed by atoms with Crippen LogP contribution in [-0.2, 0) is 0 Å². The largest absolute Gasteiger partial charge is 0.306 e. The molecule has 0 aromatic rings. The first-order chi connectivity index (χ1) is 4.74. The van der Waals surface area contributed by atoms with Gasteiger partial charge in [-0.2, -0.15) is 11.8 Å². The van der Waals surface area contributed by atoms with Gasteiger partial charge in [-0.15, -0.1) is 0 Å². The minimum Gasteiger partial charge on any atom is -0.306 e. The van der Waals surface area contributed by atoms with Gasteiger partial charge in [-0.1, -0.05) is 13.8 Å². The summed E-state index contributed by atoms with van der Waals surface area (Å²) >= 11 is 1.97. The first-order valence-electron chi connectivity index (χ1n) is 3.95. The molecule has 0 aromatic carbocycles. The molecule has 1 unspecified atom stereocenters. The lowest BCUT2D eigenvalue weighted by Gasteiger charge is -2.19. The van der Waals surface area contributed by atoms with Crippen molar-refractivity contribution >= 4 is 11.8 Å². The highest BCUT2D eigenvalue weighted by Crippen LogP contribution is 2.10. The molecule has 2 heteroatoms. The van der Waals surface area contributed by atoms with Gasteiger partial charge in [-0.05, 0) is 26.3 Å². The van der Waals surface area contributed by atoms with Crippen molar-refractivity contribution in [3.8, 4) is 0 Å². The van der Waals surface area contributed by atoms with Crippen LogP contribution in [0.1, 0.15) is 20.3 Å². The second kappa shape index (κ2) is 6.05. The maximum Gasteiger partial charge on any atom is 0.0169 e. The molecule has 0 fully saturated rings. The Bertz CT molecular complexity index is 71.7. The minimum atomic E-state index is 0.824. The zero-order chi connectivity index (χ0) is 7.98. The first kappa shape index (κ1) is 10.3. The van der Waals surface area contributed by atoms with E-state index in [1.165, 1.54) is 13.0 Å². The van der Waals surface area contributed by atoms with Gasteiger partial charge in [0.1, 0.15) is 0 Å². The van der Waals surface area contributed by atoms with Crippen LogP contribution in [0, 0.1) is 0 Å². The average Bonchev–Trinajstić information content (AvgIpc) is 1.99. The molecule has 0 N–H and O–H groups in total. The second-order valence-corrected chi connectivity index (χ2v) is 3.76. The van der Waals surface area contributed by atoms with Crippen LogP contribution in [0.25, 0.3) is 0 Å². The number of thioether (sulfide) groups is 1. The van der Waals surface area contributed by atoms with Crippen LogP contribution >= 0.6 is 11.8 Å². The summed E-state index contributed by atoms with van der Waals surface area (Å²) in [5, 5.41) is 0.824. The molecule has 0 spiro atoms. The highest BCUT2D eigenvalue weighted by molar-refractivity contribution is 7.99. The predicted octanol–water partition coefficient (Wildman–Crippen LogP) is 2.08. The van der Waals surface area contributed by atoms with Gasteiger partial charge in [-0.25, -0.2) is 0 Å². The number of nitrogens with zero attached hydrogens (tertiary/aromatic N) is 1. The summed E-state index contributed by atoms with van der Waals surface area (Å²) < 4.78 is 0. The van der Waals surface area contributed by atoms with Crippen molar-refractivity contribution in [3.63, 3.8) is 0 Å². The molecule has 0 saturated heterocycles. The van der Waals surface area contributed by atoms with Crippen LogP contribution in [0.5, 0.6) is 0 Å². The second-order valence-electron chi connectivity index (χ2n) is 2.62. The molecule has 1 nitrogen and oxygen atoms in total. The van der Waals surface area contributed by atoms with Crippen molar-refractivity contribution in [2.24, 2.45) is 0 Å². The smallest absolute Gasteiger partial charge is 0.0169 e. The lowest BCUT2D eigenvalue weighted by Crippen LogP contribution is -2.26. The van der Waals surface area contributed by atoms with Crippen molar-refractivity contribution in [1.29, 1.82) is 0 Å². The summed E-state index contributed by atoms with van der Waals surface area (Å²) in [6, 6.07) is 0. The quantitative estimate of drug-likeness (QED) is 0.607. The van der Waals surface area contributed by atoms with E-state index in [0.717, 1.165) is 11.8 Å². The summed E-state index contributed by atoms with van der Waals surface area (Å²) in [6.07, 6.45) is 3.48. The van der Waals surface area contributed by atoms with E-state index in [4.69, 9.17) is 0 Å². The molecule has 0 saturated carbocycles. The molecular formula is C8H19NS. The van der Waals surface area contributed by atoms with E-state index in [1.54, 1.807) is 0 Å². The predicted molar refractivity (Wildman–Crippen MR) is 50.8 cm³/mol.